The molecule has 2 heteroatoms. The van der Waals surface area contributed by atoms with Gasteiger partial charge in [-0.2, -0.15) is 0 Å². The summed E-state index contributed by atoms with van der Waals surface area (Å²) in [5.74, 6) is -0.322. The van der Waals surface area contributed by atoms with E-state index in [1.54, 1.807) is 7.11 Å². The Kier molecular flexibility index (Phi) is 5.70. The smallest absolute Gasteiger partial charge is 0.165 e. The van der Waals surface area contributed by atoms with Gasteiger partial charge < -0.3 is 9.47 Å². The van der Waals surface area contributed by atoms with Crippen LogP contribution in [0.1, 0.15) is 90.4 Å². The van der Waals surface area contributed by atoms with E-state index in [-0.39, 0.29) is 11.4 Å². The first-order chi connectivity index (χ1) is 9.18. The molecule has 2 aliphatic rings. The number of hydrogen-bond donors (Lipinski definition) is 0. The highest BCUT2D eigenvalue weighted by Crippen LogP contribution is 2.44. The van der Waals surface area contributed by atoms with E-state index in [0.29, 0.717) is 0 Å². The van der Waals surface area contributed by atoms with Crippen LogP contribution in [0.3, 0.4) is 0 Å². The molecule has 0 aromatic carbocycles. The highest BCUT2D eigenvalue weighted by molar-refractivity contribution is 4.91. The van der Waals surface area contributed by atoms with Crippen molar-refractivity contribution in [2.45, 2.75) is 102 Å². The van der Waals surface area contributed by atoms with E-state index in [2.05, 4.69) is 6.92 Å². The topological polar surface area (TPSA) is 18.5 Å². The molecular formula is C17H32O2. The van der Waals surface area contributed by atoms with Crippen molar-refractivity contribution in [3.8, 4) is 0 Å². The van der Waals surface area contributed by atoms with Gasteiger partial charge in [0.05, 0.1) is 5.60 Å². The fourth-order valence-electron chi connectivity index (χ4n) is 3.77. The van der Waals surface area contributed by atoms with Crippen molar-refractivity contribution < 1.29 is 9.47 Å². The molecule has 0 amide bonds. The highest BCUT2D eigenvalue weighted by atomic mass is 16.7. The Morgan fingerprint density at radius 3 is 1.58 bits per heavy atom. The number of methoxy groups -OCH3 is 1. The third kappa shape index (κ3) is 4.46. The standard InChI is InChI=1S/C17H32O2/c1-16(18-2)14-15-17(19-16)12-10-8-6-4-3-5-7-9-11-13-17/h3-15H2,1-2H3. The number of hydrogen-bond acceptors (Lipinski definition) is 2. The summed E-state index contributed by atoms with van der Waals surface area (Å²) in [7, 11) is 1.79. The van der Waals surface area contributed by atoms with Crippen LogP contribution in [0, 0.1) is 0 Å². The minimum absolute atomic E-state index is 0.129. The van der Waals surface area contributed by atoms with Gasteiger partial charge in [-0.3, -0.25) is 0 Å². The van der Waals surface area contributed by atoms with Crippen LogP contribution in [0.4, 0.5) is 0 Å². The van der Waals surface area contributed by atoms with Crippen molar-refractivity contribution in [1.29, 1.82) is 0 Å². The third-order valence-electron chi connectivity index (χ3n) is 5.16. The Labute approximate surface area is 119 Å². The van der Waals surface area contributed by atoms with Gasteiger partial charge >= 0.3 is 0 Å². The van der Waals surface area contributed by atoms with Gasteiger partial charge in [-0.15, -0.1) is 0 Å². The maximum Gasteiger partial charge on any atom is 0.165 e. The highest BCUT2D eigenvalue weighted by Gasteiger charge is 2.45. The molecular weight excluding hydrogens is 236 g/mol. The summed E-state index contributed by atoms with van der Waals surface area (Å²) >= 11 is 0. The fraction of sp³-hybridized carbons (Fsp3) is 1.00. The van der Waals surface area contributed by atoms with E-state index in [0.717, 1.165) is 6.42 Å². The first kappa shape index (κ1) is 15.3. The van der Waals surface area contributed by atoms with Gasteiger partial charge in [0.2, 0.25) is 0 Å². The van der Waals surface area contributed by atoms with E-state index in [4.69, 9.17) is 9.47 Å². The maximum absolute atomic E-state index is 6.41. The molecule has 1 saturated heterocycles. The SMILES string of the molecule is COC1(C)CCC2(CCCCCCCCCCC2)O1. The first-order valence-corrected chi connectivity index (χ1v) is 8.43. The molecule has 2 nitrogen and oxygen atoms in total. The lowest BCUT2D eigenvalue weighted by Crippen LogP contribution is -2.35. The van der Waals surface area contributed by atoms with Crippen molar-refractivity contribution in [3.63, 3.8) is 0 Å². The second-order valence-electron chi connectivity index (χ2n) is 6.80. The van der Waals surface area contributed by atoms with Crippen molar-refractivity contribution >= 4 is 0 Å². The summed E-state index contributed by atoms with van der Waals surface area (Å²) in [6, 6.07) is 0. The van der Waals surface area contributed by atoms with Crippen molar-refractivity contribution in [3.05, 3.63) is 0 Å². The molecule has 0 N–H and O–H groups in total. The molecule has 0 radical (unpaired) electrons. The fourth-order valence-corrected chi connectivity index (χ4v) is 3.77. The van der Waals surface area contributed by atoms with Gasteiger partial charge in [0.15, 0.2) is 5.79 Å². The lowest BCUT2D eigenvalue weighted by Gasteiger charge is -2.33. The average Bonchev–Trinajstić information content (AvgIpc) is 2.73. The van der Waals surface area contributed by atoms with Gasteiger partial charge in [0, 0.05) is 13.5 Å². The summed E-state index contributed by atoms with van der Waals surface area (Å²) in [5.41, 5.74) is 0.129. The lowest BCUT2D eigenvalue weighted by molar-refractivity contribution is -0.231. The molecule has 1 saturated carbocycles. The summed E-state index contributed by atoms with van der Waals surface area (Å²) in [6.45, 7) is 2.11. The monoisotopic (exact) mass is 268 g/mol. The lowest BCUT2D eigenvalue weighted by atomic mass is 9.86. The molecule has 1 unspecified atom stereocenters. The Morgan fingerprint density at radius 1 is 0.684 bits per heavy atom. The van der Waals surface area contributed by atoms with E-state index in [9.17, 15) is 0 Å². The molecule has 1 spiro atoms. The molecule has 2 fully saturated rings. The van der Waals surface area contributed by atoms with Crippen LogP contribution in [0.5, 0.6) is 0 Å². The predicted molar refractivity (Wildman–Crippen MR) is 79.3 cm³/mol. The molecule has 1 aliphatic carbocycles. The minimum atomic E-state index is -0.322. The zero-order valence-electron chi connectivity index (χ0n) is 13.0. The molecule has 1 heterocycles. The van der Waals surface area contributed by atoms with Gasteiger partial charge in [-0.05, 0) is 26.2 Å². The Bertz CT molecular complexity index is 252. The van der Waals surface area contributed by atoms with Crippen LogP contribution < -0.4 is 0 Å². The van der Waals surface area contributed by atoms with Gasteiger partial charge in [-0.25, -0.2) is 0 Å². The van der Waals surface area contributed by atoms with Gasteiger partial charge in [-0.1, -0.05) is 57.8 Å². The number of ether oxygens (including phenoxy) is 2. The second-order valence-corrected chi connectivity index (χ2v) is 6.80. The Morgan fingerprint density at radius 2 is 1.16 bits per heavy atom. The van der Waals surface area contributed by atoms with Crippen molar-refractivity contribution in [2.75, 3.05) is 7.11 Å². The molecule has 2 rings (SSSR count). The molecule has 0 aromatic rings. The molecule has 1 aliphatic heterocycles. The van der Waals surface area contributed by atoms with Crippen LogP contribution in [-0.4, -0.2) is 18.5 Å². The molecule has 0 bridgehead atoms. The van der Waals surface area contributed by atoms with E-state index >= 15 is 0 Å². The van der Waals surface area contributed by atoms with Gasteiger partial charge in [0.25, 0.3) is 0 Å². The number of rotatable bonds is 1. The van der Waals surface area contributed by atoms with Crippen molar-refractivity contribution in [2.24, 2.45) is 0 Å². The first-order valence-electron chi connectivity index (χ1n) is 8.43. The quantitative estimate of drug-likeness (QED) is 0.650. The zero-order valence-corrected chi connectivity index (χ0v) is 13.0. The normalized spacial score (nSPS) is 33.8. The Hall–Kier alpha value is -0.0800. The van der Waals surface area contributed by atoms with Crippen LogP contribution in [-0.2, 0) is 9.47 Å². The van der Waals surface area contributed by atoms with E-state index < -0.39 is 0 Å². The van der Waals surface area contributed by atoms with E-state index in [1.807, 2.05) is 0 Å². The summed E-state index contributed by atoms with van der Waals surface area (Å²) in [4.78, 5) is 0. The summed E-state index contributed by atoms with van der Waals surface area (Å²) in [5, 5.41) is 0. The minimum Gasteiger partial charge on any atom is -0.353 e. The van der Waals surface area contributed by atoms with Crippen LogP contribution in [0.25, 0.3) is 0 Å². The van der Waals surface area contributed by atoms with Crippen molar-refractivity contribution in [1.82, 2.24) is 0 Å². The van der Waals surface area contributed by atoms with Crippen LogP contribution >= 0.6 is 0 Å². The molecule has 19 heavy (non-hydrogen) atoms. The largest absolute Gasteiger partial charge is 0.353 e. The summed E-state index contributed by atoms with van der Waals surface area (Å²) < 4.78 is 12.0. The molecule has 0 aromatic heterocycles. The average molecular weight is 268 g/mol. The van der Waals surface area contributed by atoms with Crippen LogP contribution in [0.15, 0.2) is 0 Å². The maximum atomic E-state index is 6.41. The predicted octanol–water partition coefficient (Wildman–Crippen LogP) is 5.20. The third-order valence-corrected chi connectivity index (χ3v) is 5.16. The zero-order chi connectivity index (χ0) is 13.6. The molecule has 1 atom stereocenters. The second kappa shape index (κ2) is 7.08. The van der Waals surface area contributed by atoms with E-state index in [1.165, 1.54) is 77.0 Å². The summed E-state index contributed by atoms with van der Waals surface area (Å²) in [6.07, 6.45) is 17.3. The Balaban J connectivity index is 1.91. The molecule has 112 valence electrons. The van der Waals surface area contributed by atoms with Crippen LogP contribution in [0.2, 0.25) is 0 Å². The van der Waals surface area contributed by atoms with Gasteiger partial charge in [0.1, 0.15) is 0 Å².